The van der Waals surface area contributed by atoms with Gasteiger partial charge in [-0.3, -0.25) is 14.9 Å². The van der Waals surface area contributed by atoms with Crippen molar-refractivity contribution in [2.75, 3.05) is 0 Å². The average Bonchev–Trinajstić information content (AvgIpc) is 2.71. The van der Waals surface area contributed by atoms with E-state index in [2.05, 4.69) is 0 Å². The maximum Gasteiger partial charge on any atom is 0.382 e. The molecule has 0 aliphatic heterocycles. The minimum Gasteiger partial charge on any atom is -0.476 e. The number of aliphatic carboxylic acids is 1. The molecule has 9 atom stereocenters. The van der Waals surface area contributed by atoms with E-state index in [1.165, 1.54) is 0 Å². The minimum absolute atomic E-state index is 0.0407. The SMILES string of the molecule is CCC(C)C(=O)OC1CC(O)C=C2C=CC(C)C(CCC(O)CC(O)C(C(=O)O)[N+](=O)[O-])C21. The van der Waals surface area contributed by atoms with Gasteiger partial charge in [0, 0.05) is 23.7 Å². The molecule has 2 aliphatic rings. The predicted molar refractivity (Wildman–Crippen MR) is 118 cm³/mol. The monoisotopic (exact) mass is 469 g/mol. The smallest absolute Gasteiger partial charge is 0.382 e. The molecule has 4 N–H and O–H groups in total. The second-order valence-electron chi connectivity index (χ2n) is 9.26. The van der Waals surface area contributed by atoms with Crippen LogP contribution in [0.1, 0.15) is 52.9 Å². The number of fused-ring (bicyclic) bond motifs is 1. The van der Waals surface area contributed by atoms with E-state index >= 15 is 0 Å². The van der Waals surface area contributed by atoms with Crippen LogP contribution in [0.2, 0.25) is 0 Å². The van der Waals surface area contributed by atoms with Crippen molar-refractivity contribution in [2.45, 2.75) is 83.3 Å². The maximum atomic E-state index is 12.5. The number of carboxylic acids is 1. The highest BCUT2D eigenvalue weighted by molar-refractivity contribution is 5.72. The molecule has 2 aliphatic carbocycles. The normalized spacial score (nSPS) is 30.4. The summed E-state index contributed by atoms with van der Waals surface area (Å²) >= 11 is 0. The number of rotatable bonds is 11. The van der Waals surface area contributed by atoms with Crippen molar-refractivity contribution in [3.63, 3.8) is 0 Å². The number of esters is 1. The van der Waals surface area contributed by atoms with Crippen molar-refractivity contribution in [1.82, 2.24) is 0 Å². The first kappa shape index (κ1) is 26.9. The molecule has 0 aromatic rings. The maximum absolute atomic E-state index is 12.5. The summed E-state index contributed by atoms with van der Waals surface area (Å²) in [6, 6.07) is -2.20. The van der Waals surface area contributed by atoms with E-state index in [9.17, 15) is 35.0 Å². The zero-order valence-electron chi connectivity index (χ0n) is 19.2. The van der Waals surface area contributed by atoms with Gasteiger partial charge in [0.25, 0.3) is 0 Å². The molecule has 10 nitrogen and oxygen atoms in total. The van der Waals surface area contributed by atoms with Gasteiger partial charge in [0.15, 0.2) is 0 Å². The second kappa shape index (κ2) is 11.7. The van der Waals surface area contributed by atoms with E-state index in [0.717, 1.165) is 5.57 Å². The molecule has 0 fully saturated rings. The van der Waals surface area contributed by atoms with Crippen LogP contribution in [0.5, 0.6) is 0 Å². The van der Waals surface area contributed by atoms with Gasteiger partial charge in [-0.2, -0.15) is 0 Å². The largest absolute Gasteiger partial charge is 0.476 e. The topological polar surface area (TPSA) is 167 Å². The third-order valence-electron chi connectivity index (χ3n) is 6.85. The predicted octanol–water partition coefficient (Wildman–Crippen LogP) is 1.70. The Kier molecular flexibility index (Phi) is 9.57. The first-order valence-corrected chi connectivity index (χ1v) is 11.5. The summed E-state index contributed by atoms with van der Waals surface area (Å²) in [5.41, 5.74) is 0.868. The van der Waals surface area contributed by atoms with Gasteiger partial charge in [0.2, 0.25) is 0 Å². The van der Waals surface area contributed by atoms with Crippen LogP contribution in [0.4, 0.5) is 0 Å². The van der Waals surface area contributed by atoms with Crippen molar-refractivity contribution in [1.29, 1.82) is 0 Å². The van der Waals surface area contributed by atoms with Gasteiger partial charge >= 0.3 is 18.0 Å². The van der Waals surface area contributed by atoms with Crippen LogP contribution in [0.15, 0.2) is 23.8 Å². The molecule has 2 rings (SSSR count). The van der Waals surface area contributed by atoms with Crippen LogP contribution in [0, 0.1) is 33.8 Å². The van der Waals surface area contributed by atoms with Gasteiger partial charge in [0.05, 0.1) is 18.1 Å². The Morgan fingerprint density at radius 2 is 2.00 bits per heavy atom. The highest BCUT2D eigenvalue weighted by Crippen LogP contribution is 2.44. The number of hydrogen-bond donors (Lipinski definition) is 4. The number of carboxylic acid groups (broad SMARTS) is 1. The number of allylic oxidation sites excluding steroid dienone is 2. The summed E-state index contributed by atoms with van der Waals surface area (Å²) in [4.78, 5) is 33.3. The number of nitro groups is 1. The quantitative estimate of drug-likeness (QED) is 0.200. The lowest BCUT2D eigenvalue weighted by molar-refractivity contribution is -0.522. The number of ether oxygens (including phenoxy) is 1. The molecular formula is C23H35NO9. The lowest BCUT2D eigenvalue weighted by atomic mass is 9.66. The fourth-order valence-corrected chi connectivity index (χ4v) is 4.72. The Bertz CT molecular complexity index is 766. The molecule has 9 unspecified atom stereocenters. The highest BCUT2D eigenvalue weighted by atomic mass is 16.6. The minimum atomic E-state index is -2.20. The van der Waals surface area contributed by atoms with Crippen molar-refractivity contribution < 1.29 is 39.7 Å². The van der Waals surface area contributed by atoms with Crippen molar-refractivity contribution in [3.8, 4) is 0 Å². The summed E-state index contributed by atoms with van der Waals surface area (Å²) in [6.07, 6.45) is 2.58. The number of nitrogens with zero attached hydrogens (tertiary/aromatic N) is 1. The zero-order valence-corrected chi connectivity index (χ0v) is 19.2. The Morgan fingerprint density at radius 3 is 2.58 bits per heavy atom. The molecule has 0 radical (unpaired) electrons. The molecule has 0 spiro atoms. The van der Waals surface area contributed by atoms with Gasteiger partial charge in [-0.15, -0.1) is 0 Å². The van der Waals surface area contributed by atoms with Crippen LogP contribution in [0.25, 0.3) is 0 Å². The molecular weight excluding hydrogens is 434 g/mol. The van der Waals surface area contributed by atoms with Gasteiger partial charge in [-0.05, 0) is 36.7 Å². The van der Waals surface area contributed by atoms with Crippen LogP contribution < -0.4 is 0 Å². The van der Waals surface area contributed by atoms with E-state index < -0.39 is 47.8 Å². The number of hydrogen-bond acceptors (Lipinski definition) is 8. The zero-order chi connectivity index (χ0) is 24.9. The Morgan fingerprint density at radius 1 is 1.33 bits per heavy atom. The highest BCUT2D eigenvalue weighted by Gasteiger charge is 2.43. The van der Waals surface area contributed by atoms with Crippen molar-refractivity contribution in [3.05, 3.63) is 33.9 Å². The summed E-state index contributed by atoms with van der Waals surface area (Å²) in [5.74, 6) is -2.48. The van der Waals surface area contributed by atoms with Crippen LogP contribution in [0.3, 0.4) is 0 Å². The summed E-state index contributed by atoms with van der Waals surface area (Å²) < 4.78 is 5.80. The lowest BCUT2D eigenvalue weighted by Gasteiger charge is -2.43. The first-order chi connectivity index (χ1) is 15.5. The molecule has 186 valence electrons. The van der Waals surface area contributed by atoms with E-state index in [0.29, 0.717) is 12.8 Å². The fraction of sp³-hybridized carbons (Fsp3) is 0.739. The Hall–Kier alpha value is -2.30. The van der Waals surface area contributed by atoms with Gasteiger partial charge in [-0.1, -0.05) is 39.0 Å². The summed E-state index contributed by atoms with van der Waals surface area (Å²) in [7, 11) is 0. The third-order valence-corrected chi connectivity index (χ3v) is 6.85. The molecule has 33 heavy (non-hydrogen) atoms. The van der Waals surface area contributed by atoms with Gasteiger partial charge < -0.3 is 25.2 Å². The number of aliphatic hydroxyl groups excluding tert-OH is 3. The second-order valence-corrected chi connectivity index (χ2v) is 9.26. The van der Waals surface area contributed by atoms with Crippen molar-refractivity contribution >= 4 is 11.9 Å². The molecule has 0 aromatic heterocycles. The van der Waals surface area contributed by atoms with Crippen LogP contribution in [-0.4, -0.2) is 67.7 Å². The standard InChI is InChI=1S/C23H35NO9/c1-4-12(2)23(30)33-19-11-16(26)9-14-6-5-13(3)17(20(14)19)8-7-15(25)10-18(27)21(22(28)29)24(31)32/h5-6,9,12-13,15-21,25-27H,4,7-8,10-11H2,1-3H3,(H,28,29). The van der Waals surface area contributed by atoms with Crippen LogP contribution in [-0.2, 0) is 14.3 Å². The summed E-state index contributed by atoms with van der Waals surface area (Å²) in [6.45, 7) is 5.69. The first-order valence-electron chi connectivity index (χ1n) is 11.5. The van der Waals surface area contributed by atoms with E-state index in [4.69, 9.17) is 9.84 Å². The average molecular weight is 470 g/mol. The molecule has 0 bridgehead atoms. The number of carbonyl (C=O) groups excluding carboxylic acids is 1. The molecule has 0 aromatic carbocycles. The molecule has 10 heteroatoms. The van der Waals surface area contributed by atoms with Gasteiger partial charge in [-0.25, -0.2) is 4.79 Å². The van der Waals surface area contributed by atoms with E-state index in [-0.39, 0.29) is 42.5 Å². The van der Waals surface area contributed by atoms with E-state index in [1.807, 2.05) is 26.0 Å². The number of carbonyl (C=O) groups is 2. The Labute approximate surface area is 193 Å². The molecule has 0 heterocycles. The van der Waals surface area contributed by atoms with E-state index in [1.54, 1.807) is 13.0 Å². The molecule has 0 saturated carbocycles. The number of aliphatic hydroxyl groups is 3. The Balaban J connectivity index is 2.11. The van der Waals surface area contributed by atoms with Crippen LogP contribution >= 0.6 is 0 Å². The third kappa shape index (κ3) is 6.84. The molecule has 0 amide bonds. The van der Waals surface area contributed by atoms with Crippen molar-refractivity contribution in [2.24, 2.45) is 23.7 Å². The van der Waals surface area contributed by atoms with Gasteiger partial charge in [0.1, 0.15) is 12.2 Å². The lowest BCUT2D eigenvalue weighted by Crippen LogP contribution is -2.43. The summed E-state index contributed by atoms with van der Waals surface area (Å²) in [5, 5.41) is 50.4. The fourth-order valence-electron chi connectivity index (χ4n) is 4.72. The molecule has 0 saturated heterocycles.